The molecule has 2 aromatic carbocycles. The van der Waals surface area contributed by atoms with E-state index in [-0.39, 0.29) is 6.61 Å². The molecule has 0 aliphatic heterocycles. The molecule has 0 heterocycles. The van der Waals surface area contributed by atoms with Crippen molar-refractivity contribution in [2.24, 2.45) is 0 Å². The molecule has 24 heavy (non-hydrogen) atoms. The average molecular weight is 344 g/mol. The molecule has 1 atom stereocenters. The Bertz CT molecular complexity index is 721. The number of esters is 1. The summed E-state index contributed by atoms with van der Waals surface area (Å²) in [5, 5.41) is 9.62. The second-order valence-electron chi connectivity index (χ2n) is 5.77. The van der Waals surface area contributed by atoms with E-state index in [1.807, 2.05) is 36.4 Å². The quantitative estimate of drug-likeness (QED) is 0.727. The number of hydrogen-bond donors (Lipinski definition) is 0. The highest BCUT2D eigenvalue weighted by Gasteiger charge is 2.30. The lowest BCUT2D eigenvalue weighted by molar-refractivity contribution is -0.167. The molecule has 4 nitrogen and oxygen atoms in total. The van der Waals surface area contributed by atoms with Gasteiger partial charge in [0, 0.05) is 5.02 Å². The number of ether oxygens (including phenoxy) is 2. The summed E-state index contributed by atoms with van der Waals surface area (Å²) in [4.78, 5) is 12.5. The van der Waals surface area contributed by atoms with Crippen molar-refractivity contribution in [3.8, 4) is 6.07 Å². The first-order valence-corrected chi connectivity index (χ1v) is 7.84. The normalized spacial score (nSPS) is 12.2. The lowest BCUT2D eigenvalue weighted by Gasteiger charge is -2.22. The van der Waals surface area contributed by atoms with Crippen molar-refractivity contribution >= 4 is 17.6 Å². The van der Waals surface area contributed by atoms with Crippen LogP contribution in [0.3, 0.4) is 0 Å². The van der Waals surface area contributed by atoms with Crippen LogP contribution in [0, 0.1) is 11.3 Å². The summed E-state index contributed by atoms with van der Waals surface area (Å²) < 4.78 is 11.0. The van der Waals surface area contributed by atoms with Crippen molar-refractivity contribution in [3.05, 3.63) is 70.7 Å². The van der Waals surface area contributed by atoms with E-state index in [9.17, 15) is 4.79 Å². The Labute approximate surface area is 146 Å². The Morgan fingerprint density at radius 2 is 1.79 bits per heavy atom. The van der Waals surface area contributed by atoms with Crippen molar-refractivity contribution in [2.75, 3.05) is 0 Å². The lowest BCUT2D eigenvalue weighted by Crippen LogP contribution is -2.30. The summed E-state index contributed by atoms with van der Waals surface area (Å²) in [6.45, 7) is 3.30. The van der Waals surface area contributed by atoms with Crippen LogP contribution in [0.2, 0.25) is 5.02 Å². The van der Waals surface area contributed by atoms with Crippen LogP contribution in [0.25, 0.3) is 0 Å². The lowest BCUT2D eigenvalue weighted by atomic mass is 10.1. The van der Waals surface area contributed by atoms with Gasteiger partial charge in [0.1, 0.15) is 6.07 Å². The molecule has 0 aliphatic rings. The predicted molar refractivity (Wildman–Crippen MR) is 91.2 cm³/mol. The Morgan fingerprint density at radius 3 is 2.38 bits per heavy atom. The van der Waals surface area contributed by atoms with Crippen molar-refractivity contribution in [1.29, 1.82) is 5.26 Å². The minimum Gasteiger partial charge on any atom is -0.442 e. The van der Waals surface area contributed by atoms with Gasteiger partial charge in [0.2, 0.25) is 0 Å². The Hall–Kier alpha value is -2.35. The third kappa shape index (κ3) is 5.09. The molecule has 0 bridgehead atoms. The Morgan fingerprint density at radius 1 is 1.17 bits per heavy atom. The van der Waals surface area contributed by atoms with E-state index in [4.69, 9.17) is 26.3 Å². The van der Waals surface area contributed by atoms with Crippen LogP contribution < -0.4 is 0 Å². The molecular formula is C19H18ClNO3. The van der Waals surface area contributed by atoms with E-state index in [2.05, 4.69) is 0 Å². The Kier molecular flexibility index (Phi) is 5.97. The number of nitriles is 1. The maximum atomic E-state index is 12.5. The van der Waals surface area contributed by atoms with Gasteiger partial charge in [-0.1, -0.05) is 54.1 Å². The summed E-state index contributed by atoms with van der Waals surface area (Å²) in [5.74, 6) is -0.611. The van der Waals surface area contributed by atoms with Gasteiger partial charge in [-0.15, -0.1) is 0 Å². The van der Waals surface area contributed by atoms with Crippen LogP contribution in [-0.4, -0.2) is 11.6 Å². The SMILES string of the molecule is CC(C)(C#N)OC(=O)C(OCc1ccccc1)c1ccc(Cl)cc1. The maximum absolute atomic E-state index is 12.5. The van der Waals surface area contributed by atoms with Gasteiger partial charge in [-0.2, -0.15) is 5.26 Å². The van der Waals surface area contributed by atoms with Crippen LogP contribution in [0.5, 0.6) is 0 Å². The highest BCUT2D eigenvalue weighted by Crippen LogP contribution is 2.25. The molecular weight excluding hydrogens is 326 g/mol. The molecule has 2 aromatic rings. The monoisotopic (exact) mass is 343 g/mol. The van der Waals surface area contributed by atoms with E-state index in [1.54, 1.807) is 24.3 Å². The highest BCUT2D eigenvalue weighted by molar-refractivity contribution is 6.30. The van der Waals surface area contributed by atoms with Gasteiger partial charge in [0.15, 0.2) is 11.7 Å². The van der Waals surface area contributed by atoms with Gasteiger partial charge in [-0.05, 0) is 37.1 Å². The molecule has 0 N–H and O–H groups in total. The van der Waals surface area contributed by atoms with Gasteiger partial charge in [0.25, 0.3) is 0 Å². The molecule has 5 heteroatoms. The molecule has 0 saturated heterocycles. The smallest absolute Gasteiger partial charge is 0.341 e. The van der Waals surface area contributed by atoms with E-state index >= 15 is 0 Å². The zero-order valence-corrected chi connectivity index (χ0v) is 14.3. The first-order valence-electron chi connectivity index (χ1n) is 7.46. The van der Waals surface area contributed by atoms with E-state index < -0.39 is 17.7 Å². The molecule has 2 rings (SSSR count). The first-order chi connectivity index (χ1) is 11.4. The van der Waals surface area contributed by atoms with Crippen LogP contribution in [0.1, 0.15) is 31.1 Å². The second kappa shape index (κ2) is 7.96. The minimum absolute atomic E-state index is 0.246. The zero-order valence-electron chi connectivity index (χ0n) is 13.5. The zero-order chi connectivity index (χ0) is 17.6. The second-order valence-corrected chi connectivity index (χ2v) is 6.21. The predicted octanol–water partition coefficient (Wildman–Crippen LogP) is 4.44. The molecule has 0 saturated carbocycles. The fourth-order valence-electron chi connectivity index (χ4n) is 2.02. The summed E-state index contributed by atoms with van der Waals surface area (Å²) in [5.41, 5.74) is 0.329. The number of nitrogens with zero attached hydrogens (tertiary/aromatic N) is 1. The van der Waals surface area contributed by atoms with Gasteiger partial charge < -0.3 is 9.47 Å². The molecule has 0 aliphatic carbocycles. The highest BCUT2D eigenvalue weighted by atomic mass is 35.5. The van der Waals surface area contributed by atoms with Crippen LogP contribution >= 0.6 is 11.6 Å². The first kappa shape index (κ1) is 18.0. The maximum Gasteiger partial charge on any atom is 0.341 e. The van der Waals surface area contributed by atoms with Crippen LogP contribution in [0.15, 0.2) is 54.6 Å². The van der Waals surface area contributed by atoms with Gasteiger partial charge >= 0.3 is 5.97 Å². The molecule has 1 unspecified atom stereocenters. The van der Waals surface area contributed by atoms with E-state index in [0.29, 0.717) is 10.6 Å². The number of rotatable bonds is 6. The average Bonchev–Trinajstić information content (AvgIpc) is 2.57. The van der Waals surface area contributed by atoms with Crippen LogP contribution in [-0.2, 0) is 20.9 Å². The summed E-state index contributed by atoms with van der Waals surface area (Å²) in [6.07, 6.45) is -0.935. The summed E-state index contributed by atoms with van der Waals surface area (Å²) in [7, 11) is 0. The van der Waals surface area contributed by atoms with Gasteiger partial charge in [-0.3, -0.25) is 0 Å². The van der Waals surface area contributed by atoms with Crippen molar-refractivity contribution in [1.82, 2.24) is 0 Å². The van der Waals surface area contributed by atoms with Crippen LogP contribution in [0.4, 0.5) is 0 Å². The van der Waals surface area contributed by atoms with E-state index in [0.717, 1.165) is 5.56 Å². The van der Waals surface area contributed by atoms with E-state index in [1.165, 1.54) is 13.8 Å². The molecule has 0 fully saturated rings. The number of carbonyl (C=O) groups is 1. The molecule has 0 spiro atoms. The number of carbonyl (C=O) groups excluding carboxylic acids is 1. The minimum atomic E-state index is -1.22. The third-order valence-corrected chi connectivity index (χ3v) is 3.52. The fraction of sp³-hybridized carbons (Fsp3) is 0.263. The standard InChI is InChI=1S/C19H18ClNO3/c1-19(2,13-21)24-18(22)17(15-8-10-16(20)11-9-15)23-12-14-6-4-3-5-7-14/h3-11,17H,12H2,1-2H3. The van der Waals surface area contributed by atoms with Gasteiger partial charge in [-0.25, -0.2) is 4.79 Å². The Balaban J connectivity index is 2.19. The molecule has 0 amide bonds. The van der Waals surface area contributed by atoms with Crippen molar-refractivity contribution < 1.29 is 14.3 Å². The summed E-state index contributed by atoms with van der Waals surface area (Å²) in [6, 6.07) is 18.2. The fourth-order valence-corrected chi connectivity index (χ4v) is 2.15. The number of hydrogen-bond acceptors (Lipinski definition) is 4. The molecule has 0 radical (unpaired) electrons. The number of benzene rings is 2. The molecule has 124 valence electrons. The number of halogens is 1. The third-order valence-electron chi connectivity index (χ3n) is 3.27. The van der Waals surface area contributed by atoms with Gasteiger partial charge in [0.05, 0.1) is 6.61 Å². The topological polar surface area (TPSA) is 59.3 Å². The largest absolute Gasteiger partial charge is 0.442 e. The van der Waals surface area contributed by atoms with Crippen molar-refractivity contribution in [3.63, 3.8) is 0 Å². The summed E-state index contributed by atoms with van der Waals surface area (Å²) >= 11 is 5.90. The molecule has 0 aromatic heterocycles. The van der Waals surface area contributed by atoms with Crippen molar-refractivity contribution in [2.45, 2.75) is 32.2 Å².